The minimum Gasteiger partial charge on any atom is -0.496 e. The maximum absolute atomic E-state index is 5.60. The van der Waals surface area contributed by atoms with Crippen LogP contribution in [0.3, 0.4) is 0 Å². The van der Waals surface area contributed by atoms with Crippen LogP contribution in [-0.2, 0) is 0 Å². The average Bonchev–Trinajstić information content (AvgIpc) is 2.73. The van der Waals surface area contributed by atoms with Crippen molar-refractivity contribution in [2.24, 2.45) is 0 Å². The minimum absolute atomic E-state index is 0. The van der Waals surface area contributed by atoms with Gasteiger partial charge in [0.25, 0.3) is 0 Å². The molecule has 1 fully saturated rings. The highest BCUT2D eigenvalue weighted by atomic mass is 35.5. The Labute approximate surface area is 173 Å². The van der Waals surface area contributed by atoms with E-state index in [-0.39, 0.29) is 12.4 Å². The van der Waals surface area contributed by atoms with Crippen LogP contribution in [0.25, 0.3) is 22.9 Å². The summed E-state index contributed by atoms with van der Waals surface area (Å²) in [5, 5.41) is 2.40. The molecule has 146 valence electrons. The van der Waals surface area contributed by atoms with Crippen LogP contribution < -0.4 is 9.64 Å². The van der Waals surface area contributed by atoms with Crippen LogP contribution in [0.15, 0.2) is 48.7 Å². The van der Waals surface area contributed by atoms with Gasteiger partial charge in [0.15, 0.2) is 0 Å². The van der Waals surface area contributed by atoms with Crippen LogP contribution in [0.2, 0.25) is 0 Å². The zero-order valence-electron chi connectivity index (χ0n) is 16.5. The smallest absolute Gasteiger partial charge is 0.126 e. The summed E-state index contributed by atoms with van der Waals surface area (Å²) >= 11 is 0. The van der Waals surface area contributed by atoms with Crippen LogP contribution in [0.4, 0.5) is 5.69 Å². The number of hydrogen-bond acceptors (Lipinski definition) is 3. The average molecular weight is 395 g/mol. The summed E-state index contributed by atoms with van der Waals surface area (Å²) in [4.78, 5) is 7.13. The maximum atomic E-state index is 5.60. The summed E-state index contributed by atoms with van der Waals surface area (Å²) < 4.78 is 5.60. The maximum Gasteiger partial charge on any atom is 0.126 e. The van der Waals surface area contributed by atoms with E-state index in [1.54, 1.807) is 7.11 Å². The van der Waals surface area contributed by atoms with Gasteiger partial charge in [0.05, 0.1) is 12.8 Å². The second-order valence-electron chi connectivity index (χ2n) is 7.18. The molecular formula is C24H27ClN2O. The molecule has 4 heteroatoms. The molecule has 3 nitrogen and oxygen atoms in total. The largest absolute Gasteiger partial charge is 0.496 e. The van der Waals surface area contributed by atoms with E-state index in [1.807, 2.05) is 12.3 Å². The number of aromatic nitrogens is 1. The predicted molar refractivity (Wildman–Crippen MR) is 122 cm³/mol. The Balaban J connectivity index is 0.00000225. The lowest BCUT2D eigenvalue weighted by Gasteiger charge is -2.30. The van der Waals surface area contributed by atoms with Gasteiger partial charge in [-0.05, 0) is 66.8 Å². The molecule has 2 heterocycles. The lowest BCUT2D eigenvalue weighted by Crippen LogP contribution is -2.30. The molecule has 4 rings (SSSR count). The number of pyridine rings is 1. The zero-order chi connectivity index (χ0) is 18.6. The van der Waals surface area contributed by atoms with Crippen molar-refractivity contribution < 1.29 is 4.74 Å². The third-order valence-electron chi connectivity index (χ3n) is 5.36. The van der Waals surface area contributed by atoms with Crippen molar-refractivity contribution in [1.29, 1.82) is 0 Å². The number of fused-ring (bicyclic) bond motifs is 1. The number of nitrogens with zero attached hydrogens (tertiary/aromatic N) is 2. The molecule has 0 atom stereocenters. The lowest BCUT2D eigenvalue weighted by atomic mass is 10.0. The van der Waals surface area contributed by atoms with Crippen LogP contribution in [0.5, 0.6) is 5.75 Å². The van der Waals surface area contributed by atoms with E-state index in [0.717, 1.165) is 30.1 Å². The Hall–Kier alpha value is -2.52. The Bertz CT molecular complexity index is 978. The zero-order valence-corrected chi connectivity index (χ0v) is 17.3. The number of methoxy groups -OCH3 is 1. The summed E-state index contributed by atoms with van der Waals surface area (Å²) in [5.41, 5.74) is 4.64. The molecule has 2 aromatic carbocycles. The Morgan fingerprint density at radius 2 is 1.79 bits per heavy atom. The summed E-state index contributed by atoms with van der Waals surface area (Å²) in [6.07, 6.45) is 10.1. The molecule has 0 aliphatic carbocycles. The molecule has 0 spiro atoms. The molecule has 1 aromatic heterocycles. The van der Waals surface area contributed by atoms with Gasteiger partial charge in [0.2, 0.25) is 0 Å². The highest BCUT2D eigenvalue weighted by Crippen LogP contribution is 2.30. The van der Waals surface area contributed by atoms with Gasteiger partial charge in [-0.1, -0.05) is 30.3 Å². The standard InChI is InChI=1S/C24H26N2O.ClH/c1-18-17-25-20(16-23(18)26-14-6-3-7-15-26)11-12-22-21-9-5-4-8-19(21)10-13-24(22)27-2;/h4-5,8-13,16-17H,3,6-7,14-15H2,1-2H3;1H. The van der Waals surface area contributed by atoms with Crippen molar-refractivity contribution in [1.82, 2.24) is 4.98 Å². The van der Waals surface area contributed by atoms with Crippen LogP contribution >= 0.6 is 12.4 Å². The van der Waals surface area contributed by atoms with Gasteiger partial charge >= 0.3 is 0 Å². The summed E-state index contributed by atoms with van der Waals surface area (Å²) in [6, 6.07) is 14.7. The monoisotopic (exact) mass is 394 g/mol. The highest BCUT2D eigenvalue weighted by Gasteiger charge is 2.13. The molecule has 3 aromatic rings. The van der Waals surface area contributed by atoms with Gasteiger partial charge in [-0.3, -0.25) is 4.98 Å². The van der Waals surface area contributed by atoms with E-state index in [0.29, 0.717) is 0 Å². The number of anilines is 1. The molecule has 1 aliphatic rings. The molecule has 0 N–H and O–H groups in total. The number of ether oxygens (including phenoxy) is 1. The predicted octanol–water partition coefficient (Wildman–Crippen LogP) is 6.13. The number of hydrogen-bond donors (Lipinski definition) is 0. The van der Waals surface area contributed by atoms with Gasteiger partial charge < -0.3 is 9.64 Å². The van der Waals surface area contributed by atoms with Gasteiger partial charge in [-0.2, -0.15) is 0 Å². The molecule has 0 bridgehead atoms. The molecular weight excluding hydrogens is 368 g/mol. The fourth-order valence-corrected chi connectivity index (χ4v) is 3.89. The molecule has 0 unspecified atom stereocenters. The van der Waals surface area contributed by atoms with Crippen molar-refractivity contribution in [3.63, 3.8) is 0 Å². The van der Waals surface area contributed by atoms with E-state index in [2.05, 4.69) is 65.4 Å². The fraction of sp³-hybridized carbons (Fsp3) is 0.292. The third-order valence-corrected chi connectivity index (χ3v) is 5.36. The van der Waals surface area contributed by atoms with Crippen LogP contribution in [-0.4, -0.2) is 25.2 Å². The van der Waals surface area contributed by atoms with Gasteiger partial charge in [-0.25, -0.2) is 0 Å². The molecule has 0 amide bonds. The first-order valence-electron chi connectivity index (χ1n) is 9.71. The summed E-state index contributed by atoms with van der Waals surface area (Å²) in [6.45, 7) is 4.44. The second-order valence-corrected chi connectivity index (χ2v) is 7.18. The van der Waals surface area contributed by atoms with Crippen molar-refractivity contribution in [2.45, 2.75) is 26.2 Å². The van der Waals surface area contributed by atoms with Gasteiger partial charge in [0, 0.05) is 30.5 Å². The molecule has 0 radical (unpaired) electrons. The Morgan fingerprint density at radius 1 is 1.00 bits per heavy atom. The van der Waals surface area contributed by atoms with Crippen molar-refractivity contribution in [3.8, 4) is 5.75 Å². The number of halogens is 1. The molecule has 1 saturated heterocycles. The van der Waals surface area contributed by atoms with E-state index in [4.69, 9.17) is 4.74 Å². The highest BCUT2D eigenvalue weighted by molar-refractivity contribution is 5.95. The molecule has 28 heavy (non-hydrogen) atoms. The van der Waals surface area contributed by atoms with Crippen molar-refractivity contribution in [2.75, 3.05) is 25.1 Å². The van der Waals surface area contributed by atoms with Crippen LogP contribution in [0, 0.1) is 6.92 Å². The lowest BCUT2D eigenvalue weighted by molar-refractivity contribution is 0.414. The van der Waals surface area contributed by atoms with E-state index in [9.17, 15) is 0 Å². The minimum atomic E-state index is 0. The van der Waals surface area contributed by atoms with Crippen LogP contribution in [0.1, 0.15) is 36.1 Å². The first-order valence-corrected chi connectivity index (χ1v) is 9.71. The number of rotatable bonds is 4. The normalized spacial score (nSPS) is 14.3. The first-order chi connectivity index (χ1) is 13.3. The van der Waals surface area contributed by atoms with Gasteiger partial charge in [0.1, 0.15) is 5.75 Å². The van der Waals surface area contributed by atoms with Crippen molar-refractivity contribution >= 4 is 41.0 Å². The van der Waals surface area contributed by atoms with E-state index < -0.39 is 0 Å². The van der Waals surface area contributed by atoms with Crippen molar-refractivity contribution in [3.05, 3.63) is 65.5 Å². The Kier molecular flexibility index (Phi) is 6.58. The quantitative estimate of drug-likeness (QED) is 0.531. The SMILES string of the molecule is COc1ccc2ccccc2c1C=Cc1cc(N2CCCCC2)c(C)cn1.Cl. The first kappa shape index (κ1) is 20.2. The second kappa shape index (κ2) is 9.11. The van der Waals surface area contributed by atoms with Gasteiger partial charge in [-0.15, -0.1) is 12.4 Å². The fourth-order valence-electron chi connectivity index (χ4n) is 3.89. The number of benzene rings is 2. The molecule has 0 saturated carbocycles. The van der Waals surface area contributed by atoms with E-state index >= 15 is 0 Å². The summed E-state index contributed by atoms with van der Waals surface area (Å²) in [7, 11) is 1.72. The number of aryl methyl sites for hydroxylation is 1. The van der Waals surface area contributed by atoms with E-state index in [1.165, 1.54) is 41.3 Å². The topological polar surface area (TPSA) is 25.4 Å². The molecule has 1 aliphatic heterocycles. The third kappa shape index (κ3) is 4.15. The summed E-state index contributed by atoms with van der Waals surface area (Å²) in [5.74, 6) is 0.883. The number of piperidine rings is 1. The Morgan fingerprint density at radius 3 is 2.57 bits per heavy atom.